The van der Waals surface area contributed by atoms with E-state index in [0.717, 1.165) is 11.3 Å². The molecular weight excluding hydrogens is 292 g/mol. The van der Waals surface area contributed by atoms with Crippen LogP contribution in [0.3, 0.4) is 0 Å². The Morgan fingerprint density at radius 2 is 2.04 bits per heavy atom. The second kappa shape index (κ2) is 6.74. The predicted octanol–water partition coefficient (Wildman–Crippen LogP) is 2.21. The van der Waals surface area contributed by atoms with Gasteiger partial charge in [0.05, 0.1) is 12.8 Å². The summed E-state index contributed by atoms with van der Waals surface area (Å²) in [5.74, 6) is 0.419. The van der Waals surface area contributed by atoms with Crippen molar-refractivity contribution in [3.63, 3.8) is 0 Å². The number of aromatic nitrogens is 3. The highest BCUT2D eigenvalue weighted by atomic mass is 16.5. The van der Waals surface area contributed by atoms with Crippen LogP contribution in [0, 0.1) is 0 Å². The average molecular weight is 308 g/mol. The molecule has 0 aliphatic heterocycles. The highest BCUT2D eigenvalue weighted by molar-refractivity contribution is 5.94. The predicted molar refractivity (Wildman–Crippen MR) is 85.5 cm³/mol. The summed E-state index contributed by atoms with van der Waals surface area (Å²) in [6, 6.07) is 12.8. The molecule has 0 aliphatic carbocycles. The minimum Gasteiger partial charge on any atom is -0.481 e. The van der Waals surface area contributed by atoms with Crippen LogP contribution in [0.1, 0.15) is 15.9 Å². The number of nitrogens with zero attached hydrogens (tertiary/aromatic N) is 3. The molecule has 0 radical (unpaired) electrons. The fourth-order valence-electron chi connectivity index (χ4n) is 2.11. The molecule has 0 saturated heterocycles. The molecule has 23 heavy (non-hydrogen) atoms. The first-order valence-corrected chi connectivity index (χ1v) is 7.13. The zero-order valence-electron chi connectivity index (χ0n) is 12.6. The smallest absolute Gasteiger partial charge is 0.251 e. The van der Waals surface area contributed by atoms with Crippen molar-refractivity contribution < 1.29 is 9.53 Å². The van der Waals surface area contributed by atoms with Crippen molar-refractivity contribution in [1.82, 2.24) is 20.1 Å². The molecule has 0 unspecified atom stereocenters. The quantitative estimate of drug-likeness (QED) is 0.784. The number of pyridine rings is 1. The van der Waals surface area contributed by atoms with Crippen molar-refractivity contribution in [2.45, 2.75) is 6.54 Å². The number of amides is 1. The summed E-state index contributed by atoms with van der Waals surface area (Å²) in [6.45, 7) is 0.413. The number of hydrogen-bond acceptors (Lipinski definition) is 4. The molecule has 2 heterocycles. The first kappa shape index (κ1) is 14.8. The Bertz CT molecular complexity index is 765. The lowest BCUT2D eigenvalue weighted by atomic mass is 10.2. The van der Waals surface area contributed by atoms with Crippen LogP contribution < -0.4 is 10.1 Å². The molecule has 2 aromatic heterocycles. The van der Waals surface area contributed by atoms with Gasteiger partial charge < -0.3 is 10.1 Å². The van der Waals surface area contributed by atoms with Gasteiger partial charge in [0.1, 0.15) is 0 Å². The van der Waals surface area contributed by atoms with Crippen molar-refractivity contribution in [3.05, 3.63) is 72.2 Å². The van der Waals surface area contributed by atoms with Gasteiger partial charge in [-0.1, -0.05) is 6.07 Å². The number of rotatable bonds is 5. The zero-order valence-corrected chi connectivity index (χ0v) is 12.6. The maximum absolute atomic E-state index is 12.2. The van der Waals surface area contributed by atoms with Gasteiger partial charge in [-0.05, 0) is 35.9 Å². The monoisotopic (exact) mass is 308 g/mol. The molecular formula is C17H16N4O2. The second-order valence-corrected chi connectivity index (χ2v) is 4.89. The number of benzene rings is 1. The first-order valence-electron chi connectivity index (χ1n) is 7.13. The zero-order chi connectivity index (χ0) is 16.1. The highest BCUT2D eigenvalue weighted by Gasteiger charge is 2.06. The van der Waals surface area contributed by atoms with Crippen molar-refractivity contribution in [3.8, 4) is 11.6 Å². The summed E-state index contributed by atoms with van der Waals surface area (Å²) in [4.78, 5) is 16.3. The van der Waals surface area contributed by atoms with Crippen molar-refractivity contribution in [2.24, 2.45) is 0 Å². The van der Waals surface area contributed by atoms with Gasteiger partial charge in [0.2, 0.25) is 5.88 Å². The molecule has 0 atom stereocenters. The molecule has 0 saturated carbocycles. The average Bonchev–Trinajstić information content (AvgIpc) is 3.15. The lowest BCUT2D eigenvalue weighted by Gasteiger charge is -2.07. The van der Waals surface area contributed by atoms with E-state index in [1.54, 1.807) is 42.4 Å². The van der Waals surface area contributed by atoms with E-state index in [2.05, 4.69) is 15.4 Å². The number of carbonyl (C=O) groups excluding carboxylic acids is 1. The summed E-state index contributed by atoms with van der Waals surface area (Å²) in [6.07, 6.45) is 5.25. The summed E-state index contributed by atoms with van der Waals surface area (Å²) in [5, 5.41) is 7.01. The highest BCUT2D eigenvalue weighted by Crippen LogP contribution is 2.10. The van der Waals surface area contributed by atoms with Crippen LogP contribution in [-0.2, 0) is 6.54 Å². The Morgan fingerprint density at radius 3 is 2.65 bits per heavy atom. The molecule has 1 amide bonds. The molecule has 1 N–H and O–H groups in total. The van der Waals surface area contributed by atoms with Gasteiger partial charge in [-0.25, -0.2) is 9.67 Å². The standard InChI is InChI=1S/C17H16N4O2/c1-23-16-8-3-13(11-18-16)12-19-17(22)14-4-6-15(7-5-14)21-10-2-9-20-21/h2-11H,12H2,1H3,(H,19,22). The van der Waals surface area contributed by atoms with Gasteiger partial charge >= 0.3 is 0 Å². The van der Waals surface area contributed by atoms with Crippen LogP contribution in [0.15, 0.2) is 61.1 Å². The number of ether oxygens (including phenoxy) is 1. The maximum atomic E-state index is 12.2. The molecule has 0 bridgehead atoms. The van der Waals surface area contributed by atoms with Gasteiger partial charge in [-0.15, -0.1) is 0 Å². The van der Waals surface area contributed by atoms with Crippen LogP contribution in [0.2, 0.25) is 0 Å². The summed E-state index contributed by atoms with van der Waals surface area (Å²) in [7, 11) is 1.57. The van der Waals surface area contributed by atoms with Crippen LogP contribution in [0.5, 0.6) is 5.88 Å². The van der Waals surface area contributed by atoms with Gasteiger partial charge in [0.15, 0.2) is 0 Å². The second-order valence-electron chi connectivity index (χ2n) is 4.89. The third-order valence-electron chi connectivity index (χ3n) is 3.36. The van der Waals surface area contributed by atoms with E-state index >= 15 is 0 Å². The van der Waals surface area contributed by atoms with Gasteiger partial charge in [0.25, 0.3) is 5.91 Å². The maximum Gasteiger partial charge on any atom is 0.251 e. The molecule has 0 spiro atoms. The van der Waals surface area contributed by atoms with Crippen molar-refractivity contribution >= 4 is 5.91 Å². The lowest BCUT2D eigenvalue weighted by Crippen LogP contribution is -2.22. The molecule has 1 aromatic carbocycles. The van der Waals surface area contributed by atoms with Crippen LogP contribution >= 0.6 is 0 Å². The first-order chi connectivity index (χ1) is 11.3. The van der Waals surface area contributed by atoms with Gasteiger partial charge in [-0.2, -0.15) is 5.10 Å². The fraction of sp³-hybridized carbons (Fsp3) is 0.118. The molecule has 0 fully saturated rings. The van der Waals surface area contributed by atoms with E-state index in [1.807, 2.05) is 30.5 Å². The SMILES string of the molecule is COc1ccc(CNC(=O)c2ccc(-n3cccn3)cc2)cn1. The molecule has 6 heteroatoms. The Hall–Kier alpha value is -3.15. The number of carbonyl (C=O) groups is 1. The van der Waals surface area contributed by atoms with Gasteiger partial charge in [0, 0.05) is 36.8 Å². The van der Waals surface area contributed by atoms with E-state index in [4.69, 9.17) is 4.74 Å². The van der Waals surface area contributed by atoms with Crippen LogP contribution in [-0.4, -0.2) is 27.8 Å². The van der Waals surface area contributed by atoms with Crippen molar-refractivity contribution in [2.75, 3.05) is 7.11 Å². The van der Waals surface area contributed by atoms with E-state index in [9.17, 15) is 4.79 Å². The van der Waals surface area contributed by atoms with Gasteiger partial charge in [-0.3, -0.25) is 4.79 Å². The summed E-state index contributed by atoms with van der Waals surface area (Å²) < 4.78 is 6.74. The van der Waals surface area contributed by atoms with E-state index in [1.165, 1.54) is 0 Å². The Balaban J connectivity index is 1.61. The molecule has 0 aliphatic rings. The normalized spacial score (nSPS) is 10.3. The van der Waals surface area contributed by atoms with Crippen LogP contribution in [0.4, 0.5) is 0 Å². The number of nitrogens with one attached hydrogen (secondary N) is 1. The van der Waals surface area contributed by atoms with Crippen LogP contribution in [0.25, 0.3) is 5.69 Å². The minimum atomic E-state index is -0.132. The van der Waals surface area contributed by atoms with E-state index in [0.29, 0.717) is 18.0 Å². The molecule has 3 rings (SSSR count). The number of methoxy groups -OCH3 is 1. The molecule has 116 valence electrons. The third-order valence-corrected chi connectivity index (χ3v) is 3.36. The summed E-state index contributed by atoms with van der Waals surface area (Å²) in [5.41, 5.74) is 2.42. The van der Waals surface area contributed by atoms with E-state index in [-0.39, 0.29) is 5.91 Å². The summed E-state index contributed by atoms with van der Waals surface area (Å²) >= 11 is 0. The van der Waals surface area contributed by atoms with E-state index < -0.39 is 0 Å². The minimum absolute atomic E-state index is 0.132. The fourth-order valence-corrected chi connectivity index (χ4v) is 2.11. The van der Waals surface area contributed by atoms with Crippen molar-refractivity contribution in [1.29, 1.82) is 0 Å². The lowest BCUT2D eigenvalue weighted by molar-refractivity contribution is 0.0951. The topological polar surface area (TPSA) is 69.0 Å². The third kappa shape index (κ3) is 3.55. The number of hydrogen-bond donors (Lipinski definition) is 1. The Labute approximate surface area is 133 Å². The Morgan fingerprint density at radius 1 is 1.22 bits per heavy atom. The Kier molecular flexibility index (Phi) is 4.33. The largest absolute Gasteiger partial charge is 0.481 e. The molecule has 3 aromatic rings. The molecule has 6 nitrogen and oxygen atoms in total.